The number of carbonyl (C=O) groups is 1. The summed E-state index contributed by atoms with van der Waals surface area (Å²) in [5.74, 6) is 0.123. The summed E-state index contributed by atoms with van der Waals surface area (Å²) in [6, 6.07) is 17.8. The van der Waals surface area contributed by atoms with Crippen LogP contribution in [0, 0.1) is 5.82 Å². The van der Waals surface area contributed by atoms with Crippen molar-refractivity contribution in [2.45, 2.75) is 6.42 Å². The van der Waals surface area contributed by atoms with Crippen LogP contribution < -0.4 is 21.2 Å². The number of carbonyl (C=O) groups excluding carboxylic acids is 1. The average Bonchev–Trinajstić information content (AvgIpc) is 2.79. The summed E-state index contributed by atoms with van der Waals surface area (Å²) in [5, 5.41) is 2.81. The molecule has 4 aromatic rings. The lowest BCUT2D eigenvalue weighted by molar-refractivity contribution is -0.115. The molecule has 1 amide bonds. The lowest BCUT2D eigenvalue weighted by Gasteiger charge is -2.16. The fraction of sp³-hybridized carbons (Fsp3) is 0.125. The highest BCUT2D eigenvalue weighted by Gasteiger charge is 2.16. The van der Waals surface area contributed by atoms with Crippen LogP contribution in [0.2, 0.25) is 0 Å². The predicted molar refractivity (Wildman–Crippen MR) is 120 cm³/mol. The van der Waals surface area contributed by atoms with Gasteiger partial charge in [-0.3, -0.25) is 14.4 Å². The summed E-state index contributed by atoms with van der Waals surface area (Å²) in [6.07, 6.45) is 0.0231. The van der Waals surface area contributed by atoms with E-state index in [1.807, 2.05) is 18.2 Å². The molecule has 7 nitrogen and oxygen atoms in total. The fourth-order valence-corrected chi connectivity index (χ4v) is 3.38. The van der Waals surface area contributed by atoms with Crippen molar-refractivity contribution in [1.29, 1.82) is 0 Å². The van der Waals surface area contributed by atoms with Gasteiger partial charge in [-0.25, -0.2) is 4.39 Å². The van der Waals surface area contributed by atoms with E-state index in [2.05, 4.69) is 5.32 Å². The van der Waals surface area contributed by atoms with Crippen molar-refractivity contribution in [2.24, 2.45) is 14.1 Å². The number of anilines is 1. The van der Waals surface area contributed by atoms with Gasteiger partial charge in [-0.15, -0.1) is 0 Å². The van der Waals surface area contributed by atoms with Crippen molar-refractivity contribution in [2.75, 3.05) is 5.32 Å². The second-order valence-electron chi connectivity index (χ2n) is 7.33. The van der Waals surface area contributed by atoms with Gasteiger partial charge in [0.05, 0.1) is 23.1 Å². The van der Waals surface area contributed by atoms with Gasteiger partial charge in [-0.1, -0.05) is 30.3 Å². The van der Waals surface area contributed by atoms with Crippen LogP contribution in [0.15, 0.2) is 76.3 Å². The molecule has 3 aromatic carbocycles. The number of ether oxygens (including phenoxy) is 1. The quantitative estimate of drug-likeness (QED) is 0.490. The summed E-state index contributed by atoms with van der Waals surface area (Å²) in [4.78, 5) is 37.2. The largest absolute Gasteiger partial charge is 0.455 e. The van der Waals surface area contributed by atoms with E-state index < -0.39 is 11.1 Å². The van der Waals surface area contributed by atoms with Gasteiger partial charge in [0.15, 0.2) is 5.75 Å². The third kappa shape index (κ3) is 4.15. The average molecular weight is 433 g/mol. The number of halogens is 1. The normalized spacial score (nSPS) is 10.8. The summed E-state index contributed by atoms with van der Waals surface area (Å²) >= 11 is 0. The molecule has 0 radical (unpaired) electrons. The van der Waals surface area contributed by atoms with E-state index in [-0.39, 0.29) is 18.1 Å². The van der Waals surface area contributed by atoms with E-state index in [9.17, 15) is 18.8 Å². The highest BCUT2D eigenvalue weighted by Crippen LogP contribution is 2.33. The maximum atomic E-state index is 13.1. The Morgan fingerprint density at radius 2 is 1.50 bits per heavy atom. The van der Waals surface area contributed by atoms with Gasteiger partial charge in [0.25, 0.3) is 0 Å². The molecule has 1 heterocycles. The Labute approximate surface area is 182 Å². The standard InChI is InChI=1S/C24H20FN3O4/c1-27-19-13-18(26-22(29)12-15-8-10-16(25)11-9-15)21(32-17-6-4-3-5-7-17)14-20(19)28(2)24(31)23(27)30/h3-11,13-14H,12H2,1-2H3,(H,26,29). The minimum Gasteiger partial charge on any atom is -0.455 e. The molecule has 0 spiro atoms. The zero-order valence-corrected chi connectivity index (χ0v) is 17.5. The van der Waals surface area contributed by atoms with E-state index in [0.717, 1.165) is 0 Å². The Morgan fingerprint density at radius 1 is 0.906 bits per heavy atom. The molecule has 1 aromatic heterocycles. The van der Waals surface area contributed by atoms with Crippen molar-refractivity contribution in [3.05, 3.63) is 98.8 Å². The minimum atomic E-state index is -0.680. The van der Waals surface area contributed by atoms with Crippen LogP contribution in [0.25, 0.3) is 11.0 Å². The fourth-order valence-electron chi connectivity index (χ4n) is 3.38. The molecular formula is C24H20FN3O4. The van der Waals surface area contributed by atoms with Gasteiger partial charge in [0.2, 0.25) is 5.91 Å². The summed E-state index contributed by atoms with van der Waals surface area (Å²) in [5.41, 5.74) is 0.556. The van der Waals surface area contributed by atoms with Gasteiger partial charge in [0.1, 0.15) is 11.6 Å². The van der Waals surface area contributed by atoms with Crippen LogP contribution in [0.1, 0.15) is 5.56 Å². The first kappa shape index (κ1) is 21.0. The van der Waals surface area contributed by atoms with Gasteiger partial charge < -0.3 is 19.2 Å². The molecule has 162 valence electrons. The van der Waals surface area contributed by atoms with E-state index in [1.165, 1.54) is 47.5 Å². The topological polar surface area (TPSA) is 82.3 Å². The van der Waals surface area contributed by atoms with Gasteiger partial charge >= 0.3 is 11.1 Å². The Kier molecular flexibility index (Phi) is 5.59. The van der Waals surface area contributed by atoms with Crippen molar-refractivity contribution in [1.82, 2.24) is 9.13 Å². The van der Waals surface area contributed by atoms with Crippen LogP contribution >= 0.6 is 0 Å². The molecule has 0 aliphatic heterocycles. The number of aryl methyl sites for hydroxylation is 2. The van der Waals surface area contributed by atoms with Crippen LogP contribution in [-0.4, -0.2) is 15.0 Å². The van der Waals surface area contributed by atoms with Crippen LogP contribution in [0.4, 0.5) is 10.1 Å². The molecule has 0 aliphatic carbocycles. The first-order valence-electron chi connectivity index (χ1n) is 9.84. The van der Waals surface area contributed by atoms with Crippen LogP contribution in [-0.2, 0) is 25.3 Å². The molecule has 1 N–H and O–H groups in total. The lowest BCUT2D eigenvalue weighted by atomic mass is 10.1. The maximum Gasteiger partial charge on any atom is 0.316 e. The Bertz CT molecular complexity index is 1420. The number of aromatic nitrogens is 2. The molecule has 4 rings (SSSR count). The highest BCUT2D eigenvalue weighted by molar-refractivity contribution is 5.96. The molecule has 0 atom stereocenters. The molecule has 0 bridgehead atoms. The molecule has 0 saturated carbocycles. The van der Waals surface area contributed by atoms with Crippen molar-refractivity contribution in [3.8, 4) is 11.5 Å². The molecular weight excluding hydrogens is 413 g/mol. The highest BCUT2D eigenvalue weighted by atomic mass is 19.1. The van der Waals surface area contributed by atoms with Crippen molar-refractivity contribution >= 4 is 22.6 Å². The van der Waals surface area contributed by atoms with Crippen molar-refractivity contribution in [3.63, 3.8) is 0 Å². The summed E-state index contributed by atoms with van der Waals surface area (Å²) < 4.78 is 21.6. The molecule has 32 heavy (non-hydrogen) atoms. The lowest BCUT2D eigenvalue weighted by Crippen LogP contribution is -2.39. The van der Waals surface area contributed by atoms with Gasteiger partial charge in [0, 0.05) is 20.2 Å². The summed E-state index contributed by atoms with van der Waals surface area (Å²) in [6.45, 7) is 0. The maximum absolute atomic E-state index is 13.1. The minimum absolute atomic E-state index is 0.0231. The molecule has 0 saturated heterocycles. The number of nitrogens with zero attached hydrogens (tertiary/aromatic N) is 2. The Hall–Kier alpha value is -4.20. The second-order valence-corrected chi connectivity index (χ2v) is 7.33. The second kappa shape index (κ2) is 8.50. The molecule has 0 unspecified atom stereocenters. The summed E-state index contributed by atoms with van der Waals surface area (Å²) in [7, 11) is 3.00. The van der Waals surface area contributed by atoms with Gasteiger partial charge in [-0.2, -0.15) is 0 Å². The third-order valence-corrected chi connectivity index (χ3v) is 5.11. The van der Waals surface area contributed by atoms with E-state index in [1.54, 1.807) is 24.3 Å². The number of nitrogens with one attached hydrogen (secondary N) is 1. The van der Waals surface area contributed by atoms with E-state index >= 15 is 0 Å². The Balaban J connectivity index is 1.78. The zero-order valence-electron chi connectivity index (χ0n) is 17.5. The van der Waals surface area contributed by atoms with Gasteiger partial charge in [-0.05, 0) is 35.9 Å². The van der Waals surface area contributed by atoms with Crippen LogP contribution in [0.5, 0.6) is 11.5 Å². The van der Waals surface area contributed by atoms with E-state index in [0.29, 0.717) is 33.8 Å². The monoisotopic (exact) mass is 433 g/mol. The zero-order chi connectivity index (χ0) is 22.8. The molecule has 0 fully saturated rings. The molecule has 8 heteroatoms. The first-order chi connectivity index (χ1) is 15.3. The number of rotatable bonds is 5. The number of benzene rings is 3. The third-order valence-electron chi connectivity index (χ3n) is 5.11. The predicted octanol–water partition coefficient (Wildman–Crippen LogP) is 3.35. The number of amides is 1. The Morgan fingerprint density at radius 3 is 2.12 bits per heavy atom. The molecule has 0 aliphatic rings. The van der Waals surface area contributed by atoms with E-state index in [4.69, 9.17) is 4.74 Å². The SMILES string of the molecule is Cn1c(=O)c(=O)n(C)c2cc(Oc3ccccc3)c(NC(=O)Cc3ccc(F)cc3)cc21. The first-order valence-corrected chi connectivity index (χ1v) is 9.84. The van der Waals surface area contributed by atoms with Crippen LogP contribution in [0.3, 0.4) is 0 Å². The number of para-hydroxylation sites is 1. The number of fused-ring (bicyclic) bond motifs is 1. The number of hydrogen-bond acceptors (Lipinski definition) is 4. The number of hydrogen-bond donors (Lipinski definition) is 1. The smallest absolute Gasteiger partial charge is 0.316 e. The van der Waals surface area contributed by atoms with Crippen molar-refractivity contribution < 1.29 is 13.9 Å².